The van der Waals surface area contributed by atoms with Crippen LogP contribution in [0.3, 0.4) is 0 Å². The van der Waals surface area contributed by atoms with Gasteiger partial charge in [-0.1, -0.05) is 71.5 Å². The summed E-state index contributed by atoms with van der Waals surface area (Å²) >= 11 is 0. The molecule has 2 aliphatic rings. The van der Waals surface area contributed by atoms with Crippen LogP contribution in [-0.4, -0.2) is 9.55 Å². The van der Waals surface area contributed by atoms with Crippen molar-refractivity contribution in [2.75, 3.05) is 0 Å². The topological polar surface area (TPSA) is 17.8 Å². The standard InChI is InChI=1S/C24H19N2.2ClH.Cr/c1-16-15-23(26-13-11-18-6-4-10-22(18)26)17(2)14-21(16)20-9-3-7-19-8-5-12-25-24(19)20;;;/h3-15H,1-2H3;2*1H;/q-1;;;+3/p-2. The Morgan fingerprint density at radius 3 is 2.41 bits per heavy atom. The maximum absolute atomic E-state index is 4.63. The Hall–Kier alpha value is -2.15. The van der Waals surface area contributed by atoms with E-state index in [0.717, 1.165) is 5.52 Å². The SMILES string of the molecule is Cc1cc(-n2[cH-]cc3cccc2-3)c(C)cc1-c1cccc2cccnc12.[Cl-].[Cl-].[Cr+3]. The van der Waals surface area contributed by atoms with Crippen LogP contribution in [0.4, 0.5) is 0 Å². The zero-order valence-electron chi connectivity index (χ0n) is 16.1. The van der Waals surface area contributed by atoms with E-state index in [1.165, 1.54) is 44.6 Å². The van der Waals surface area contributed by atoms with E-state index in [-0.39, 0.29) is 42.2 Å². The van der Waals surface area contributed by atoms with Crippen molar-refractivity contribution in [1.82, 2.24) is 9.55 Å². The molecule has 0 amide bonds. The number of rotatable bonds is 2. The first-order chi connectivity index (χ1) is 12.7. The van der Waals surface area contributed by atoms with Crippen molar-refractivity contribution in [2.45, 2.75) is 13.8 Å². The van der Waals surface area contributed by atoms with Gasteiger partial charge in [0.2, 0.25) is 0 Å². The monoisotopic (exact) mass is 457 g/mol. The van der Waals surface area contributed by atoms with Crippen LogP contribution in [0.5, 0.6) is 0 Å². The minimum absolute atomic E-state index is 0. The van der Waals surface area contributed by atoms with Gasteiger partial charge < -0.3 is 29.4 Å². The molecule has 0 N–H and O–H groups in total. The minimum atomic E-state index is 0. The van der Waals surface area contributed by atoms with Gasteiger partial charge in [-0.15, -0.1) is 17.7 Å². The number of fused-ring (bicyclic) bond motifs is 2. The molecule has 0 bridgehead atoms. The van der Waals surface area contributed by atoms with Crippen LogP contribution < -0.4 is 24.8 Å². The number of pyridine rings is 1. The fraction of sp³-hybridized carbons (Fsp3) is 0.0833. The van der Waals surface area contributed by atoms with Crippen LogP contribution in [0.25, 0.3) is 39.0 Å². The summed E-state index contributed by atoms with van der Waals surface area (Å²) in [5.41, 5.74) is 9.80. The fourth-order valence-electron chi connectivity index (χ4n) is 3.90. The summed E-state index contributed by atoms with van der Waals surface area (Å²) in [5, 5.41) is 1.18. The predicted octanol–water partition coefficient (Wildman–Crippen LogP) is 0.139. The Labute approximate surface area is 194 Å². The van der Waals surface area contributed by atoms with Gasteiger partial charge in [-0.25, -0.2) is 0 Å². The Bertz CT molecular complexity index is 1220. The van der Waals surface area contributed by atoms with Crippen molar-refractivity contribution in [2.24, 2.45) is 0 Å². The second kappa shape index (κ2) is 9.12. The first-order valence-electron chi connectivity index (χ1n) is 8.91. The van der Waals surface area contributed by atoms with Crippen LogP contribution in [0.15, 0.2) is 79.1 Å². The van der Waals surface area contributed by atoms with Gasteiger partial charge in [-0.2, -0.15) is 0 Å². The maximum Gasteiger partial charge on any atom is 3.00 e. The first kappa shape index (κ1) is 23.1. The Morgan fingerprint density at radius 2 is 1.59 bits per heavy atom. The molecule has 1 aliphatic carbocycles. The summed E-state index contributed by atoms with van der Waals surface area (Å²) in [5.74, 6) is 0. The molecule has 0 spiro atoms. The average Bonchev–Trinajstić information content (AvgIpc) is 3.27. The largest absolute Gasteiger partial charge is 3.00 e. The molecule has 2 aromatic carbocycles. The number of benzene rings is 2. The number of aryl methyl sites for hydroxylation is 2. The number of hydrogen-bond acceptors (Lipinski definition) is 1. The van der Waals surface area contributed by atoms with E-state index in [1.54, 1.807) is 0 Å². The average molecular weight is 458 g/mol. The van der Waals surface area contributed by atoms with E-state index in [4.69, 9.17) is 0 Å². The van der Waals surface area contributed by atoms with E-state index >= 15 is 0 Å². The van der Waals surface area contributed by atoms with Gasteiger partial charge in [0.15, 0.2) is 0 Å². The number of halogens is 2. The molecule has 1 radical (unpaired) electrons. The summed E-state index contributed by atoms with van der Waals surface area (Å²) in [6, 6.07) is 23.7. The van der Waals surface area contributed by atoms with E-state index in [9.17, 15) is 0 Å². The van der Waals surface area contributed by atoms with Crippen LogP contribution in [0, 0.1) is 13.8 Å². The maximum atomic E-state index is 4.63. The van der Waals surface area contributed by atoms with Crippen molar-refractivity contribution in [3.63, 3.8) is 0 Å². The molecule has 2 nitrogen and oxygen atoms in total. The van der Waals surface area contributed by atoms with Gasteiger partial charge in [0.25, 0.3) is 0 Å². The molecule has 0 saturated heterocycles. The number of aromatic nitrogens is 2. The molecule has 3 aromatic rings. The Morgan fingerprint density at radius 1 is 0.828 bits per heavy atom. The van der Waals surface area contributed by atoms with Gasteiger partial charge in [0.05, 0.1) is 5.52 Å². The second-order valence-corrected chi connectivity index (χ2v) is 6.89. The third-order valence-electron chi connectivity index (χ3n) is 5.21. The zero-order chi connectivity index (χ0) is 17.7. The molecule has 29 heavy (non-hydrogen) atoms. The van der Waals surface area contributed by atoms with E-state index < -0.39 is 0 Å². The number of para-hydroxylation sites is 1. The van der Waals surface area contributed by atoms with Crippen LogP contribution >= 0.6 is 0 Å². The van der Waals surface area contributed by atoms with Crippen molar-refractivity contribution < 1.29 is 42.2 Å². The van der Waals surface area contributed by atoms with Gasteiger partial charge in [-0.05, 0) is 31.2 Å². The van der Waals surface area contributed by atoms with E-state index in [2.05, 4.69) is 90.3 Å². The summed E-state index contributed by atoms with van der Waals surface area (Å²) in [6.45, 7) is 4.37. The van der Waals surface area contributed by atoms with Gasteiger partial charge in [-0.3, -0.25) is 4.98 Å². The molecule has 1 aliphatic heterocycles. The van der Waals surface area contributed by atoms with E-state index in [0.29, 0.717) is 0 Å². The van der Waals surface area contributed by atoms with E-state index in [1.807, 2.05) is 12.3 Å². The van der Waals surface area contributed by atoms with Gasteiger partial charge in [0, 0.05) is 17.1 Å². The molecular weight excluding hydrogens is 439 g/mol. The Balaban J connectivity index is 0.000001000. The Kier molecular flexibility index (Phi) is 7.27. The molecule has 0 unspecified atom stereocenters. The molecule has 145 valence electrons. The fourth-order valence-corrected chi connectivity index (χ4v) is 3.90. The predicted molar refractivity (Wildman–Crippen MR) is 108 cm³/mol. The van der Waals surface area contributed by atoms with Crippen LogP contribution in [0.1, 0.15) is 11.1 Å². The summed E-state index contributed by atoms with van der Waals surface area (Å²) < 4.78 is 2.28. The molecule has 5 rings (SSSR count). The quantitative estimate of drug-likeness (QED) is 0.345. The summed E-state index contributed by atoms with van der Waals surface area (Å²) in [7, 11) is 0. The zero-order valence-corrected chi connectivity index (χ0v) is 18.9. The molecule has 0 fully saturated rings. The van der Waals surface area contributed by atoms with Crippen molar-refractivity contribution in [1.29, 1.82) is 0 Å². The van der Waals surface area contributed by atoms with Gasteiger partial charge >= 0.3 is 17.4 Å². The molecule has 0 saturated carbocycles. The third kappa shape index (κ3) is 3.84. The normalized spacial score (nSPS) is 10.3. The molecular formula is C24H19Cl2CrN2. The van der Waals surface area contributed by atoms with Gasteiger partial charge in [0.1, 0.15) is 0 Å². The molecule has 5 heteroatoms. The number of hydrogen-bond donors (Lipinski definition) is 0. The van der Waals surface area contributed by atoms with Crippen molar-refractivity contribution in [3.8, 4) is 28.1 Å². The number of nitrogens with zero attached hydrogens (tertiary/aromatic N) is 2. The minimum Gasteiger partial charge on any atom is -1.00 e. The summed E-state index contributed by atoms with van der Waals surface area (Å²) in [4.78, 5) is 4.63. The van der Waals surface area contributed by atoms with Crippen molar-refractivity contribution >= 4 is 10.9 Å². The smallest absolute Gasteiger partial charge is 1.00 e. The molecule has 2 heterocycles. The van der Waals surface area contributed by atoms with Crippen molar-refractivity contribution in [3.05, 3.63) is 90.3 Å². The second-order valence-electron chi connectivity index (χ2n) is 6.89. The molecule has 0 atom stereocenters. The molecule has 1 aromatic heterocycles. The summed E-state index contributed by atoms with van der Waals surface area (Å²) in [6.07, 6.45) is 4.03. The van der Waals surface area contributed by atoms with Crippen LogP contribution in [-0.2, 0) is 17.4 Å². The first-order valence-corrected chi connectivity index (χ1v) is 8.91. The van der Waals surface area contributed by atoms with Crippen LogP contribution in [0.2, 0.25) is 0 Å². The third-order valence-corrected chi connectivity index (χ3v) is 5.21.